The average Bonchev–Trinajstić information content (AvgIpc) is 3.37. The molecule has 0 saturated heterocycles. The molecule has 2 aliphatic rings. The van der Waals surface area contributed by atoms with E-state index in [0.29, 0.717) is 11.1 Å². The van der Waals surface area contributed by atoms with E-state index in [2.05, 4.69) is 33.4 Å². The predicted molar refractivity (Wildman–Crippen MR) is 135 cm³/mol. The largest absolute Gasteiger partial charge is 0.454 e. The number of allylic oxidation sites excluding steroid dienone is 2. The lowest BCUT2D eigenvalue weighted by atomic mass is 9.76. The second-order valence-electron chi connectivity index (χ2n) is 8.63. The summed E-state index contributed by atoms with van der Waals surface area (Å²) in [5, 5.41) is 14.6. The highest BCUT2D eigenvalue weighted by Gasteiger charge is 2.38. The molecule has 1 N–H and O–H groups in total. The van der Waals surface area contributed by atoms with Gasteiger partial charge in [-0.3, -0.25) is 14.9 Å². The molecule has 0 saturated carbocycles. The van der Waals surface area contributed by atoms with Gasteiger partial charge in [0.05, 0.1) is 16.5 Å². The van der Waals surface area contributed by atoms with E-state index < -0.39 is 10.9 Å². The molecule has 0 radical (unpaired) electrons. The molecule has 0 aromatic heterocycles. The number of hydrogen-bond acceptors (Lipinski definition) is 6. The highest BCUT2D eigenvalue weighted by Crippen LogP contribution is 2.50. The van der Waals surface area contributed by atoms with Crippen LogP contribution in [0.25, 0.3) is 0 Å². The zero-order valence-corrected chi connectivity index (χ0v) is 20.1. The fraction of sp³-hybridized carbons (Fsp3) is 0.185. The van der Waals surface area contributed by atoms with E-state index >= 15 is 0 Å². The van der Waals surface area contributed by atoms with Crippen LogP contribution in [0.5, 0.6) is 0 Å². The number of halogens is 1. The lowest BCUT2D eigenvalue weighted by Crippen LogP contribution is -2.29. The number of nitro benzene ring substituents is 1. The third kappa shape index (κ3) is 4.61. The van der Waals surface area contributed by atoms with Crippen molar-refractivity contribution in [2.75, 3.05) is 11.9 Å². The number of esters is 1. The summed E-state index contributed by atoms with van der Waals surface area (Å²) in [5.41, 5.74) is 3.82. The summed E-state index contributed by atoms with van der Waals surface area (Å²) in [5.74, 6) is -0.498. The molecule has 1 aliphatic carbocycles. The molecular formula is C27H21BrN2O5. The van der Waals surface area contributed by atoms with Gasteiger partial charge in [-0.1, -0.05) is 52.3 Å². The summed E-state index contributed by atoms with van der Waals surface area (Å²) in [6.07, 6.45) is 5.14. The van der Waals surface area contributed by atoms with Crippen molar-refractivity contribution >= 4 is 39.1 Å². The van der Waals surface area contributed by atoms with E-state index in [0.717, 1.165) is 27.7 Å². The van der Waals surface area contributed by atoms with E-state index in [-0.39, 0.29) is 36.0 Å². The number of fused-ring (bicyclic) bond motifs is 3. The van der Waals surface area contributed by atoms with Crippen LogP contribution in [0.4, 0.5) is 11.4 Å². The van der Waals surface area contributed by atoms with Crippen molar-refractivity contribution < 1.29 is 19.2 Å². The van der Waals surface area contributed by atoms with Crippen molar-refractivity contribution in [1.82, 2.24) is 0 Å². The molecule has 176 valence electrons. The summed E-state index contributed by atoms with van der Waals surface area (Å²) in [4.78, 5) is 35.7. The Morgan fingerprint density at radius 2 is 1.74 bits per heavy atom. The van der Waals surface area contributed by atoms with Crippen LogP contribution < -0.4 is 5.32 Å². The van der Waals surface area contributed by atoms with Gasteiger partial charge in [0.15, 0.2) is 12.4 Å². The van der Waals surface area contributed by atoms with Gasteiger partial charge < -0.3 is 10.1 Å². The maximum absolute atomic E-state index is 12.7. The number of carbonyl (C=O) groups is 2. The molecule has 7 nitrogen and oxygen atoms in total. The van der Waals surface area contributed by atoms with Crippen molar-refractivity contribution in [2.24, 2.45) is 5.92 Å². The second-order valence-corrected chi connectivity index (χ2v) is 9.55. The van der Waals surface area contributed by atoms with Gasteiger partial charge >= 0.3 is 5.97 Å². The number of nitrogens with zero attached hydrogens (tertiary/aromatic N) is 1. The molecule has 1 heterocycles. The predicted octanol–water partition coefficient (Wildman–Crippen LogP) is 6.22. The molecule has 0 unspecified atom stereocenters. The smallest absolute Gasteiger partial charge is 0.338 e. The fourth-order valence-electron chi connectivity index (χ4n) is 4.79. The Hall–Kier alpha value is -3.78. The van der Waals surface area contributed by atoms with Gasteiger partial charge in [-0.25, -0.2) is 4.79 Å². The van der Waals surface area contributed by atoms with Gasteiger partial charge in [0, 0.05) is 33.8 Å². The fourth-order valence-corrected chi connectivity index (χ4v) is 5.05. The van der Waals surface area contributed by atoms with Gasteiger partial charge in [-0.15, -0.1) is 0 Å². The summed E-state index contributed by atoms with van der Waals surface area (Å²) in [7, 11) is 0. The molecule has 0 bridgehead atoms. The van der Waals surface area contributed by atoms with E-state index in [9.17, 15) is 19.7 Å². The van der Waals surface area contributed by atoms with E-state index in [1.165, 1.54) is 12.1 Å². The number of rotatable bonds is 6. The monoisotopic (exact) mass is 532 g/mol. The Morgan fingerprint density at radius 3 is 2.46 bits per heavy atom. The number of nitro groups is 1. The summed E-state index contributed by atoms with van der Waals surface area (Å²) in [6, 6.07) is 18.9. The van der Waals surface area contributed by atoms with Gasteiger partial charge in [0.25, 0.3) is 5.69 Å². The van der Waals surface area contributed by atoms with E-state index in [1.807, 2.05) is 12.1 Å². The Morgan fingerprint density at radius 1 is 1.03 bits per heavy atom. The minimum absolute atomic E-state index is 0.00960. The summed E-state index contributed by atoms with van der Waals surface area (Å²) >= 11 is 3.33. The Bertz CT molecular complexity index is 1330. The van der Waals surface area contributed by atoms with Gasteiger partial charge in [-0.05, 0) is 53.8 Å². The first kappa shape index (κ1) is 23.0. The zero-order chi connectivity index (χ0) is 24.5. The molecule has 0 amide bonds. The van der Waals surface area contributed by atoms with Crippen LogP contribution in [0, 0.1) is 16.0 Å². The topological polar surface area (TPSA) is 98.5 Å². The quantitative estimate of drug-likeness (QED) is 0.133. The standard InChI is InChI=1S/C27H21BrN2O5/c28-19-9-4-16(5-10-19)25(31)15-35-27(32)18-8-13-24-23(14-18)21-2-1-3-22(21)26(29-24)17-6-11-20(12-7-17)30(33)34/h1-2,4-14,21-22,26,29H,3,15H2/t21-,22+,26-/m1/s1. The lowest BCUT2D eigenvalue weighted by Gasteiger charge is -2.37. The van der Waals surface area contributed by atoms with Crippen molar-refractivity contribution in [2.45, 2.75) is 18.4 Å². The molecule has 3 aromatic rings. The molecule has 1 aliphatic heterocycles. The van der Waals surface area contributed by atoms with Crippen LogP contribution in [0.15, 0.2) is 83.4 Å². The number of anilines is 1. The van der Waals surface area contributed by atoms with Crippen LogP contribution in [0.2, 0.25) is 0 Å². The number of Topliss-reactive ketones (excluding diaryl/α,β-unsaturated/α-hetero) is 1. The van der Waals surface area contributed by atoms with Gasteiger partial charge in [0.1, 0.15) is 0 Å². The Labute approximate surface area is 210 Å². The van der Waals surface area contributed by atoms with Crippen molar-refractivity contribution in [3.63, 3.8) is 0 Å². The number of ketones is 1. The van der Waals surface area contributed by atoms with Crippen LogP contribution >= 0.6 is 15.9 Å². The second kappa shape index (κ2) is 9.46. The number of hydrogen-bond donors (Lipinski definition) is 1. The highest BCUT2D eigenvalue weighted by atomic mass is 79.9. The zero-order valence-electron chi connectivity index (χ0n) is 18.5. The lowest BCUT2D eigenvalue weighted by molar-refractivity contribution is -0.384. The average molecular weight is 533 g/mol. The number of carbonyl (C=O) groups excluding carboxylic acids is 2. The molecule has 0 spiro atoms. The molecule has 8 heteroatoms. The molecule has 3 aromatic carbocycles. The summed E-state index contributed by atoms with van der Waals surface area (Å²) < 4.78 is 6.17. The molecule has 35 heavy (non-hydrogen) atoms. The van der Waals surface area contributed by atoms with Crippen LogP contribution in [-0.4, -0.2) is 23.3 Å². The third-order valence-electron chi connectivity index (χ3n) is 6.56. The molecule has 3 atom stereocenters. The minimum atomic E-state index is -0.547. The van der Waals surface area contributed by atoms with E-state index in [4.69, 9.17) is 4.74 Å². The first-order valence-corrected chi connectivity index (χ1v) is 12.0. The molecule has 5 rings (SSSR count). The Kier molecular flexibility index (Phi) is 6.21. The van der Waals surface area contributed by atoms with Crippen LogP contribution in [0.3, 0.4) is 0 Å². The summed E-state index contributed by atoms with van der Waals surface area (Å²) in [6.45, 7) is -0.329. The van der Waals surface area contributed by atoms with Crippen molar-refractivity contribution in [1.29, 1.82) is 0 Å². The van der Waals surface area contributed by atoms with Crippen LogP contribution in [-0.2, 0) is 4.74 Å². The van der Waals surface area contributed by atoms with Gasteiger partial charge in [0.2, 0.25) is 0 Å². The normalized spacial score (nSPS) is 19.9. The minimum Gasteiger partial charge on any atom is -0.454 e. The third-order valence-corrected chi connectivity index (χ3v) is 7.09. The van der Waals surface area contributed by atoms with E-state index in [1.54, 1.807) is 42.5 Å². The first-order valence-electron chi connectivity index (χ1n) is 11.2. The van der Waals surface area contributed by atoms with Crippen molar-refractivity contribution in [3.8, 4) is 0 Å². The number of benzene rings is 3. The van der Waals surface area contributed by atoms with Crippen molar-refractivity contribution in [3.05, 3.63) is 116 Å². The molecular weight excluding hydrogens is 512 g/mol. The number of nitrogens with one attached hydrogen (secondary N) is 1. The number of ether oxygens (including phenoxy) is 1. The maximum Gasteiger partial charge on any atom is 0.338 e. The highest BCUT2D eigenvalue weighted by molar-refractivity contribution is 9.10. The number of non-ortho nitro benzene ring substituents is 1. The Balaban J connectivity index is 1.33. The van der Waals surface area contributed by atoms with Gasteiger partial charge in [-0.2, -0.15) is 0 Å². The molecule has 0 fully saturated rings. The van der Waals surface area contributed by atoms with Crippen LogP contribution in [0.1, 0.15) is 50.2 Å². The first-order chi connectivity index (χ1) is 16.9. The maximum atomic E-state index is 12.7. The SMILES string of the molecule is O=C(COC(=O)c1ccc2c(c1)[C@@H]1C=CC[C@@H]1[C@@H](c1ccc([N+](=O)[O-])cc1)N2)c1ccc(Br)cc1.